The fourth-order valence-corrected chi connectivity index (χ4v) is 14.3. The van der Waals surface area contributed by atoms with E-state index in [1.165, 1.54) is 122 Å². The third kappa shape index (κ3) is 4.55. The Bertz CT molecular complexity index is 2150. The quantitative estimate of drug-likeness (QED) is 0.170. The lowest BCUT2D eigenvalue weighted by Crippen LogP contribution is -2.48. The molecule has 8 bridgehead atoms. The molecule has 0 radical (unpaired) electrons. The van der Waals surface area contributed by atoms with Crippen LogP contribution in [0.15, 0.2) is 121 Å². The first kappa shape index (κ1) is 30.2. The summed E-state index contributed by atoms with van der Waals surface area (Å²) in [5.41, 5.74) is 11.5. The number of aromatic nitrogens is 1. The number of para-hydroxylation sites is 2. The van der Waals surface area contributed by atoms with Gasteiger partial charge >= 0.3 is 0 Å². The van der Waals surface area contributed by atoms with Gasteiger partial charge in [0.1, 0.15) is 0 Å². The van der Waals surface area contributed by atoms with Gasteiger partial charge in [0, 0.05) is 33.5 Å². The van der Waals surface area contributed by atoms with Gasteiger partial charge in [-0.05, 0) is 189 Å². The molecule has 0 saturated heterocycles. The molecule has 0 aliphatic heterocycles. The molecule has 52 heavy (non-hydrogen) atoms. The number of nitrogens with zero attached hydrogens (tertiary/aromatic N) is 2. The molecule has 8 aliphatic carbocycles. The Morgan fingerprint density at radius 3 is 1.33 bits per heavy atom. The van der Waals surface area contributed by atoms with Gasteiger partial charge in [-0.1, -0.05) is 66.7 Å². The third-order valence-electron chi connectivity index (χ3n) is 15.5. The number of hydrogen-bond donors (Lipinski definition) is 0. The van der Waals surface area contributed by atoms with E-state index in [2.05, 4.69) is 131 Å². The monoisotopic (exact) mass is 678 g/mol. The third-order valence-corrected chi connectivity index (χ3v) is 15.5. The van der Waals surface area contributed by atoms with Crippen LogP contribution in [0.4, 0.5) is 17.1 Å². The number of fused-ring (bicyclic) bond motifs is 3. The molecule has 8 aliphatic rings. The van der Waals surface area contributed by atoms with Crippen LogP contribution < -0.4 is 4.90 Å². The van der Waals surface area contributed by atoms with Crippen molar-refractivity contribution in [3.05, 3.63) is 132 Å². The standard InChI is InChI=1S/C50H50N2/c1-2-6-41(7-3-1)52-47-9-5-4-8-45(47)46-19-18-44(26-48(46)52)51(42-14-10-39(11-15-42)49-27-33-20-34(28-49)22-35(21-33)29-49)43-16-12-40(13-17-43)50-30-36-23-37(31-50)25-38(24-36)32-50/h1-19,26,33-38H,20-25,27-32H2. The van der Waals surface area contributed by atoms with Crippen molar-refractivity contribution in [1.82, 2.24) is 4.57 Å². The van der Waals surface area contributed by atoms with E-state index in [1.54, 1.807) is 11.1 Å². The maximum Gasteiger partial charge on any atom is 0.0561 e. The predicted molar refractivity (Wildman–Crippen MR) is 215 cm³/mol. The van der Waals surface area contributed by atoms with Gasteiger partial charge in [-0.15, -0.1) is 0 Å². The van der Waals surface area contributed by atoms with Crippen LogP contribution in [0.1, 0.15) is 88.2 Å². The topological polar surface area (TPSA) is 8.17 Å². The lowest BCUT2D eigenvalue weighted by Gasteiger charge is -2.57. The molecule has 14 rings (SSSR count). The molecule has 0 unspecified atom stereocenters. The van der Waals surface area contributed by atoms with Crippen LogP contribution in [0.2, 0.25) is 0 Å². The summed E-state index contributed by atoms with van der Waals surface area (Å²) < 4.78 is 2.46. The maximum atomic E-state index is 2.54. The van der Waals surface area contributed by atoms with Gasteiger partial charge < -0.3 is 9.47 Å². The molecule has 0 amide bonds. The lowest BCUT2D eigenvalue weighted by atomic mass is 9.48. The molecule has 2 heteroatoms. The normalized spacial score (nSPS) is 32.6. The van der Waals surface area contributed by atoms with Crippen molar-refractivity contribution >= 4 is 38.9 Å². The fraction of sp³-hybridized carbons (Fsp3) is 0.400. The smallest absolute Gasteiger partial charge is 0.0561 e. The Hall–Kier alpha value is -4.30. The first-order valence-corrected chi connectivity index (χ1v) is 20.7. The van der Waals surface area contributed by atoms with Crippen molar-refractivity contribution in [3.63, 3.8) is 0 Å². The number of anilines is 3. The molecule has 0 spiro atoms. The van der Waals surface area contributed by atoms with Crippen LogP contribution in [0.25, 0.3) is 27.5 Å². The zero-order chi connectivity index (χ0) is 34.0. The van der Waals surface area contributed by atoms with Crippen molar-refractivity contribution in [3.8, 4) is 5.69 Å². The van der Waals surface area contributed by atoms with Crippen molar-refractivity contribution < 1.29 is 0 Å². The molecule has 8 fully saturated rings. The second-order valence-electron chi connectivity index (χ2n) is 18.7. The van der Waals surface area contributed by atoms with Crippen LogP contribution in [-0.4, -0.2) is 4.57 Å². The minimum atomic E-state index is 0.410. The van der Waals surface area contributed by atoms with E-state index < -0.39 is 0 Å². The van der Waals surface area contributed by atoms with Crippen LogP contribution >= 0.6 is 0 Å². The van der Waals surface area contributed by atoms with Crippen LogP contribution in [0, 0.1) is 35.5 Å². The van der Waals surface area contributed by atoms with Gasteiger partial charge in [-0.3, -0.25) is 0 Å². The summed E-state index contributed by atoms with van der Waals surface area (Å²) in [6.45, 7) is 0. The molecule has 260 valence electrons. The fourth-order valence-electron chi connectivity index (χ4n) is 14.3. The van der Waals surface area contributed by atoms with Crippen LogP contribution in [0.5, 0.6) is 0 Å². The summed E-state index contributed by atoms with van der Waals surface area (Å²) in [6.07, 6.45) is 17.4. The summed E-state index contributed by atoms with van der Waals surface area (Å²) >= 11 is 0. The van der Waals surface area contributed by atoms with E-state index in [0.717, 1.165) is 35.5 Å². The molecular formula is C50H50N2. The van der Waals surface area contributed by atoms with E-state index in [0.29, 0.717) is 10.8 Å². The highest BCUT2D eigenvalue weighted by Gasteiger charge is 2.52. The van der Waals surface area contributed by atoms with Crippen molar-refractivity contribution in [2.75, 3.05) is 4.90 Å². The largest absolute Gasteiger partial charge is 0.310 e. The zero-order valence-corrected chi connectivity index (χ0v) is 30.4. The highest BCUT2D eigenvalue weighted by atomic mass is 15.1. The van der Waals surface area contributed by atoms with Gasteiger partial charge in [0.25, 0.3) is 0 Å². The average molecular weight is 679 g/mol. The van der Waals surface area contributed by atoms with Crippen molar-refractivity contribution in [1.29, 1.82) is 0 Å². The summed E-state index contributed by atoms with van der Waals surface area (Å²) in [4.78, 5) is 2.54. The molecule has 1 heterocycles. The van der Waals surface area contributed by atoms with E-state index in [1.807, 2.05) is 0 Å². The summed E-state index contributed by atoms with van der Waals surface area (Å²) in [5.74, 6) is 5.74. The number of hydrogen-bond acceptors (Lipinski definition) is 1. The number of benzene rings is 5. The summed E-state index contributed by atoms with van der Waals surface area (Å²) in [7, 11) is 0. The Morgan fingerprint density at radius 1 is 0.404 bits per heavy atom. The maximum absolute atomic E-state index is 2.54. The van der Waals surface area contributed by atoms with E-state index in [4.69, 9.17) is 0 Å². The molecule has 0 atom stereocenters. The van der Waals surface area contributed by atoms with Gasteiger partial charge in [0.2, 0.25) is 0 Å². The molecule has 8 saturated carbocycles. The van der Waals surface area contributed by atoms with Gasteiger partial charge in [-0.2, -0.15) is 0 Å². The predicted octanol–water partition coefficient (Wildman–Crippen LogP) is 13.2. The second kappa shape index (κ2) is 11.1. The molecule has 5 aromatic carbocycles. The van der Waals surface area contributed by atoms with Gasteiger partial charge in [-0.25, -0.2) is 0 Å². The first-order chi connectivity index (χ1) is 25.6. The molecule has 0 N–H and O–H groups in total. The highest BCUT2D eigenvalue weighted by Crippen LogP contribution is 2.62. The Labute approximate surface area is 308 Å². The van der Waals surface area contributed by atoms with E-state index in [9.17, 15) is 0 Å². The van der Waals surface area contributed by atoms with Gasteiger partial charge in [0.15, 0.2) is 0 Å². The van der Waals surface area contributed by atoms with E-state index >= 15 is 0 Å². The van der Waals surface area contributed by atoms with Crippen molar-refractivity contribution in [2.45, 2.75) is 87.9 Å². The Balaban J connectivity index is 0.984. The minimum absolute atomic E-state index is 0.410. The first-order valence-electron chi connectivity index (χ1n) is 20.7. The Kier molecular flexibility index (Phi) is 6.45. The minimum Gasteiger partial charge on any atom is -0.310 e. The van der Waals surface area contributed by atoms with E-state index in [-0.39, 0.29) is 0 Å². The van der Waals surface area contributed by atoms with Gasteiger partial charge in [0.05, 0.1) is 11.0 Å². The Morgan fingerprint density at radius 2 is 0.827 bits per heavy atom. The average Bonchev–Trinajstić information content (AvgIpc) is 3.48. The SMILES string of the molecule is c1ccc(-n2c3ccccc3c3ccc(N(c4ccc(C56CC7CC(CC(C7)C5)C6)cc4)c4ccc(C56CC7CC(CC(C7)C5)C6)cc4)cc32)cc1. The molecule has 6 aromatic rings. The second-order valence-corrected chi connectivity index (χ2v) is 18.7. The van der Waals surface area contributed by atoms with Crippen LogP contribution in [0.3, 0.4) is 0 Å². The lowest BCUT2D eigenvalue weighted by molar-refractivity contribution is -0.00529. The summed E-state index contributed by atoms with van der Waals surface area (Å²) in [6, 6.07) is 46.9. The molecular weight excluding hydrogens is 629 g/mol. The zero-order valence-electron chi connectivity index (χ0n) is 30.4. The highest BCUT2D eigenvalue weighted by molar-refractivity contribution is 6.10. The van der Waals surface area contributed by atoms with Crippen LogP contribution in [-0.2, 0) is 10.8 Å². The summed E-state index contributed by atoms with van der Waals surface area (Å²) in [5, 5.41) is 2.61. The van der Waals surface area contributed by atoms with Crippen molar-refractivity contribution in [2.24, 2.45) is 35.5 Å². The molecule has 1 aromatic heterocycles. The number of rotatable bonds is 6. The molecule has 2 nitrogen and oxygen atoms in total.